The second-order valence-electron chi connectivity index (χ2n) is 5.25. The molecule has 2 N–H and O–H groups in total. The minimum absolute atomic E-state index is 0.160. The highest BCUT2D eigenvalue weighted by atomic mass is 19.4. The zero-order valence-corrected chi connectivity index (χ0v) is 12.0. The molecule has 1 aromatic carbocycles. The predicted octanol–water partition coefficient (Wildman–Crippen LogP) is 2.68. The van der Waals surface area contributed by atoms with E-state index in [1.54, 1.807) is 0 Å². The van der Waals surface area contributed by atoms with Gasteiger partial charge in [-0.15, -0.1) is 0 Å². The molecule has 0 unspecified atom stereocenters. The first-order valence-electron chi connectivity index (χ1n) is 7.03. The molecule has 122 valence electrons. The predicted molar refractivity (Wildman–Crippen MR) is 75.7 cm³/mol. The maximum Gasteiger partial charge on any atom is 0.416 e. The number of hydrogen-bond acceptors (Lipinski definition) is 3. The molecular formula is C15H14F3N3O2. The monoisotopic (exact) mass is 325 g/mol. The van der Waals surface area contributed by atoms with Gasteiger partial charge in [-0.2, -0.15) is 18.3 Å². The van der Waals surface area contributed by atoms with E-state index in [4.69, 9.17) is 4.74 Å². The fourth-order valence-corrected chi connectivity index (χ4v) is 2.43. The number of fused-ring (bicyclic) bond motifs is 1. The van der Waals surface area contributed by atoms with Crippen LogP contribution in [0.5, 0.6) is 0 Å². The van der Waals surface area contributed by atoms with E-state index in [9.17, 15) is 18.0 Å². The molecule has 1 amide bonds. The minimum atomic E-state index is -4.43. The van der Waals surface area contributed by atoms with Crippen LogP contribution in [0.4, 0.5) is 19.0 Å². The van der Waals surface area contributed by atoms with Crippen molar-refractivity contribution in [1.82, 2.24) is 10.2 Å². The Labute approximate surface area is 129 Å². The largest absolute Gasteiger partial charge is 0.416 e. The van der Waals surface area contributed by atoms with Gasteiger partial charge in [-0.05, 0) is 11.6 Å². The van der Waals surface area contributed by atoms with Gasteiger partial charge in [-0.3, -0.25) is 9.89 Å². The number of amides is 1. The second kappa shape index (κ2) is 6.04. The molecule has 3 rings (SSSR count). The highest BCUT2D eigenvalue weighted by molar-refractivity contribution is 5.92. The maximum absolute atomic E-state index is 12.7. The summed E-state index contributed by atoms with van der Waals surface area (Å²) in [4.78, 5) is 12.0. The smallest absolute Gasteiger partial charge is 0.376 e. The summed E-state index contributed by atoms with van der Waals surface area (Å²) in [6, 6.07) is 4.72. The van der Waals surface area contributed by atoms with Crippen LogP contribution in [0.25, 0.3) is 0 Å². The van der Waals surface area contributed by atoms with Gasteiger partial charge in [0, 0.05) is 17.7 Å². The number of alkyl halides is 3. The number of hydrogen-bond donors (Lipinski definition) is 2. The zero-order valence-electron chi connectivity index (χ0n) is 12.0. The topological polar surface area (TPSA) is 67.0 Å². The van der Waals surface area contributed by atoms with E-state index in [1.165, 1.54) is 12.1 Å². The Morgan fingerprint density at radius 3 is 3.00 bits per heavy atom. The van der Waals surface area contributed by atoms with Crippen LogP contribution in [0.2, 0.25) is 0 Å². The van der Waals surface area contributed by atoms with Gasteiger partial charge in [0.1, 0.15) is 0 Å². The molecule has 0 fully saturated rings. The zero-order chi connectivity index (χ0) is 16.4. The van der Waals surface area contributed by atoms with Crippen molar-refractivity contribution >= 4 is 11.7 Å². The number of H-pyrrole nitrogens is 1. The lowest BCUT2D eigenvalue weighted by molar-refractivity contribution is -0.137. The third kappa shape index (κ3) is 3.53. The maximum atomic E-state index is 12.7. The van der Waals surface area contributed by atoms with Crippen molar-refractivity contribution in [3.05, 3.63) is 46.6 Å². The lowest BCUT2D eigenvalue weighted by Crippen LogP contribution is -2.17. The van der Waals surface area contributed by atoms with Crippen LogP contribution in [0, 0.1) is 0 Å². The van der Waals surface area contributed by atoms with Crippen LogP contribution in [0.15, 0.2) is 24.3 Å². The van der Waals surface area contributed by atoms with Crippen LogP contribution < -0.4 is 5.32 Å². The molecule has 0 bridgehead atoms. The fourth-order valence-electron chi connectivity index (χ4n) is 2.43. The number of aromatic nitrogens is 2. The van der Waals surface area contributed by atoms with Crippen molar-refractivity contribution < 1.29 is 22.7 Å². The summed E-state index contributed by atoms with van der Waals surface area (Å²) in [6.45, 7) is 0.942. The summed E-state index contributed by atoms with van der Waals surface area (Å²) >= 11 is 0. The van der Waals surface area contributed by atoms with Gasteiger partial charge >= 0.3 is 6.18 Å². The molecular weight excluding hydrogens is 311 g/mol. The molecule has 23 heavy (non-hydrogen) atoms. The highest BCUT2D eigenvalue weighted by Gasteiger charge is 2.30. The van der Waals surface area contributed by atoms with Crippen molar-refractivity contribution in [2.24, 2.45) is 0 Å². The Hall–Kier alpha value is -2.35. The van der Waals surface area contributed by atoms with Gasteiger partial charge in [0.2, 0.25) is 5.91 Å². The molecule has 2 heterocycles. The average molecular weight is 325 g/mol. The van der Waals surface area contributed by atoms with Crippen molar-refractivity contribution in [2.45, 2.75) is 25.6 Å². The number of rotatable bonds is 3. The van der Waals surface area contributed by atoms with Gasteiger partial charge in [0.15, 0.2) is 5.82 Å². The highest BCUT2D eigenvalue weighted by Crippen LogP contribution is 2.29. The van der Waals surface area contributed by atoms with Gasteiger partial charge in [0.25, 0.3) is 0 Å². The van der Waals surface area contributed by atoms with Crippen LogP contribution in [-0.2, 0) is 35.2 Å². The Morgan fingerprint density at radius 2 is 2.22 bits per heavy atom. The van der Waals surface area contributed by atoms with Gasteiger partial charge in [0.05, 0.1) is 25.2 Å². The number of benzene rings is 1. The van der Waals surface area contributed by atoms with Crippen molar-refractivity contribution in [3.8, 4) is 0 Å². The third-order valence-electron chi connectivity index (χ3n) is 3.57. The first-order chi connectivity index (χ1) is 10.9. The number of aromatic amines is 1. The SMILES string of the molecule is O=C(Cc1cccc(C(F)(F)F)c1)Nc1n[nH]c2c1COCC2. The van der Waals surface area contributed by atoms with Crippen molar-refractivity contribution in [3.63, 3.8) is 0 Å². The summed E-state index contributed by atoms with van der Waals surface area (Å²) in [7, 11) is 0. The molecule has 1 aromatic heterocycles. The van der Waals surface area contributed by atoms with Crippen LogP contribution in [-0.4, -0.2) is 22.7 Å². The lowest BCUT2D eigenvalue weighted by atomic mass is 10.1. The van der Waals surface area contributed by atoms with Gasteiger partial charge < -0.3 is 10.1 Å². The summed E-state index contributed by atoms with van der Waals surface area (Å²) < 4.78 is 43.3. The lowest BCUT2D eigenvalue weighted by Gasteiger charge is -2.12. The number of ether oxygens (including phenoxy) is 1. The van der Waals surface area contributed by atoms with Crippen LogP contribution in [0.3, 0.4) is 0 Å². The minimum Gasteiger partial charge on any atom is -0.376 e. The summed E-state index contributed by atoms with van der Waals surface area (Å²) in [5.41, 5.74) is 1.21. The van der Waals surface area contributed by atoms with E-state index in [0.29, 0.717) is 25.5 Å². The number of carbonyl (C=O) groups is 1. The normalized spacial score (nSPS) is 14.4. The van der Waals surface area contributed by atoms with E-state index in [-0.39, 0.29) is 12.0 Å². The van der Waals surface area contributed by atoms with Crippen molar-refractivity contribution in [1.29, 1.82) is 0 Å². The average Bonchev–Trinajstić information content (AvgIpc) is 2.90. The molecule has 0 atom stereocenters. The standard InChI is InChI=1S/C15H14F3N3O2/c16-15(17,18)10-3-1-2-9(6-10)7-13(22)19-14-11-8-23-5-4-12(11)20-21-14/h1-3,6H,4-5,7-8H2,(H2,19,20,21,22). The van der Waals surface area contributed by atoms with E-state index in [2.05, 4.69) is 15.5 Å². The number of nitrogens with zero attached hydrogens (tertiary/aromatic N) is 1. The first kappa shape index (κ1) is 15.5. The number of anilines is 1. The van der Waals surface area contributed by atoms with E-state index >= 15 is 0 Å². The molecule has 0 saturated heterocycles. The van der Waals surface area contributed by atoms with E-state index < -0.39 is 17.6 Å². The Balaban J connectivity index is 1.69. The molecule has 0 spiro atoms. The van der Waals surface area contributed by atoms with Gasteiger partial charge in [-0.1, -0.05) is 18.2 Å². The molecule has 1 aliphatic rings. The third-order valence-corrected chi connectivity index (χ3v) is 3.57. The number of halogens is 3. The fraction of sp³-hybridized carbons (Fsp3) is 0.333. The Kier molecular flexibility index (Phi) is 4.08. The number of nitrogens with one attached hydrogen (secondary N) is 2. The first-order valence-corrected chi connectivity index (χ1v) is 7.03. The number of carbonyl (C=O) groups excluding carboxylic acids is 1. The summed E-state index contributed by atoms with van der Waals surface area (Å²) in [5, 5.41) is 9.46. The Bertz CT molecular complexity index is 725. The molecule has 1 aliphatic heterocycles. The Morgan fingerprint density at radius 1 is 1.39 bits per heavy atom. The second-order valence-corrected chi connectivity index (χ2v) is 5.25. The molecule has 0 saturated carbocycles. The van der Waals surface area contributed by atoms with E-state index in [0.717, 1.165) is 23.4 Å². The van der Waals surface area contributed by atoms with E-state index in [1.807, 2.05) is 0 Å². The van der Waals surface area contributed by atoms with Crippen LogP contribution in [0.1, 0.15) is 22.4 Å². The summed E-state index contributed by atoms with van der Waals surface area (Å²) in [5.74, 6) is -0.0547. The van der Waals surface area contributed by atoms with Gasteiger partial charge in [-0.25, -0.2) is 0 Å². The van der Waals surface area contributed by atoms with Crippen molar-refractivity contribution in [2.75, 3.05) is 11.9 Å². The molecule has 5 nitrogen and oxygen atoms in total. The summed E-state index contributed by atoms with van der Waals surface area (Å²) in [6.07, 6.45) is -3.90. The van der Waals surface area contributed by atoms with Crippen LogP contribution >= 0.6 is 0 Å². The molecule has 8 heteroatoms. The molecule has 0 radical (unpaired) electrons. The molecule has 2 aromatic rings. The quantitative estimate of drug-likeness (QED) is 0.912. The molecule has 0 aliphatic carbocycles.